The van der Waals surface area contributed by atoms with Gasteiger partial charge in [-0.2, -0.15) is 8.42 Å². The Morgan fingerprint density at radius 3 is 2.29 bits per heavy atom. The highest BCUT2D eigenvalue weighted by atomic mass is 32.2. The quantitative estimate of drug-likeness (QED) is 0.431. The van der Waals surface area contributed by atoms with Gasteiger partial charge in [-0.3, -0.25) is 4.55 Å². The molecule has 1 unspecified atom stereocenters. The van der Waals surface area contributed by atoms with Gasteiger partial charge in [0.05, 0.1) is 6.61 Å². The zero-order chi connectivity index (χ0) is 11.4. The summed E-state index contributed by atoms with van der Waals surface area (Å²) in [6, 6.07) is 0. The molecular formula is C7H17NO5S. The van der Waals surface area contributed by atoms with Crippen molar-refractivity contribution in [1.29, 1.82) is 0 Å². The van der Waals surface area contributed by atoms with Crippen LogP contribution in [0.1, 0.15) is 20.3 Å². The minimum Gasteiger partial charge on any atom is -0.394 e. The van der Waals surface area contributed by atoms with E-state index in [1.165, 1.54) is 0 Å². The molecule has 0 aliphatic carbocycles. The lowest BCUT2D eigenvalue weighted by molar-refractivity contribution is 0.176. The van der Waals surface area contributed by atoms with Gasteiger partial charge in [-0.05, 0) is 20.4 Å². The first-order valence-electron chi connectivity index (χ1n) is 4.19. The molecule has 0 amide bonds. The highest BCUT2D eigenvalue weighted by molar-refractivity contribution is 7.86. The van der Waals surface area contributed by atoms with Crippen molar-refractivity contribution < 1.29 is 23.2 Å². The molecule has 0 radical (unpaired) electrons. The third-order valence-electron chi connectivity index (χ3n) is 1.73. The lowest BCUT2D eigenvalue weighted by atomic mass is 10.1. The second kappa shape index (κ2) is 5.04. The highest BCUT2D eigenvalue weighted by Crippen LogP contribution is 2.03. The molecule has 0 aromatic heterocycles. The summed E-state index contributed by atoms with van der Waals surface area (Å²) in [6.07, 6.45) is -0.123. The normalized spacial score (nSPS) is 15.5. The zero-order valence-corrected chi connectivity index (χ0v) is 9.08. The van der Waals surface area contributed by atoms with Gasteiger partial charge in [-0.25, -0.2) is 0 Å². The lowest BCUT2D eigenvalue weighted by Crippen LogP contribution is -2.44. The van der Waals surface area contributed by atoms with Crippen molar-refractivity contribution in [2.24, 2.45) is 0 Å². The fraction of sp³-hybridized carbons (Fsp3) is 1.00. The number of hydrogen-bond donors (Lipinski definition) is 4. The monoisotopic (exact) mass is 227 g/mol. The summed E-state index contributed by atoms with van der Waals surface area (Å²) < 4.78 is 29.2. The molecule has 0 aliphatic rings. The van der Waals surface area contributed by atoms with Crippen LogP contribution >= 0.6 is 0 Å². The molecule has 6 nitrogen and oxygen atoms in total. The van der Waals surface area contributed by atoms with E-state index in [1.54, 1.807) is 13.8 Å². The van der Waals surface area contributed by atoms with E-state index in [0.29, 0.717) is 0 Å². The Bertz CT molecular complexity index is 261. The van der Waals surface area contributed by atoms with Crippen molar-refractivity contribution in [3.05, 3.63) is 0 Å². The molecule has 86 valence electrons. The maximum Gasteiger partial charge on any atom is 0.292 e. The van der Waals surface area contributed by atoms with Gasteiger partial charge in [0.1, 0.15) is 0 Å². The third-order valence-corrected chi connectivity index (χ3v) is 2.66. The molecule has 0 bridgehead atoms. The number of aliphatic hydroxyl groups excluding tert-OH is 2. The van der Waals surface area contributed by atoms with Crippen LogP contribution in [-0.2, 0) is 10.1 Å². The Kier molecular flexibility index (Phi) is 4.96. The molecule has 1 atom stereocenters. The maximum atomic E-state index is 10.4. The molecule has 0 fully saturated rings. The molecule has 0 heterocycles. The third kappa shape index (κ3) is 5.51. The number of hydrogen-bond acceptors (Lipinski definition) is 5. The molecule has 0 saturated heterocycles. The molecule has 7 heteroatoms. The molecule has 4 N–H and O–H groups in total. The standard InChI is InChI=1S/C7H17NO5S/c1-7(2,5-9)8-4-3-6(10)14(11,12)13/h6,8-10H,3-5H2,1-2H3,(H,11,12,13). The van der Waals surface area contributed by atoms with Crippen molar-refractivity contribution in [1.82, 2.24) is 5.32 Å². The highest BCUT2D eigenvalue weighted by Gasteiger charge is 2.21. The van der Waals surface area contributed by atoms with Crippen LogP contribution in [-0.4, -0.2) is 47.3 Å². The molecule has 14 heavy (non-hydrogen) atoms. The maximum absolute atomic E-state index is 10.4. The van der Waals surface area contributed by atoms with E-state index in [2.05, 4.69) is 5.32 Å². The van der Waals surface area contributed by atoms with E-state index in [-0.39, 0.29) is 19.6 Å². The van der Waals surface area contributed by atoms with Crippen LogP contribution in [0, 0.1) is 0 Å². The van der Waals surface area contributed by atoms with Gasteiger partial charge in [-0.15, -0.1) is 0 Å². The largest absolute Gasteiger partial charge is 0.394 e. The summed E-state index contributed by atoms with van der Waals surface area (Å²) >= 11 is 0. The average Bonchev–Trinajstić information content (AvgIpc) is 2.02. The Balaban J connectivity index is 3.87. The van der Waals surface area contributed by atoms with Gasteiger partial charge in [0.2, 0.25) is 0 Å². The van der Waals surface area contributed by atoms with Crippen molar-refractivity contribution in [3.63, 3.8) is 0 Å². The van der Waals surface area contributed by atoms with E-state index in [1.807, 2.05) is 0 Å². The van der Waals surface area contributed by atoms with Gasteiger partial charge in [0, 0.05) is 12.0 Å². The Morgan fingerprint density at radius 1 is 1.43 bits per heavy atom. The average molecular weight is 227 g/mol. The number of nitrogens with one attached hydrogen (secondary N) is 1. The summed E-state index contributed by atoms with van der Waals surface area (Å²) in [5.74, 6) is 0. The summed E-state index contributed by atoms with van der Waals surface area (Å²) in [4.78, 5) is 0. The van der Waals surface area contributed by atoms with Gasteiger partial charge < -0.3 is 15.5 Å². The number of aliphatic hydroxyl groups is 2. The summed E-state index contributed by atoms with van der Waals surface area (Å²) in [5.41, 5.74) is -2.30. The topological polar surface area (TPSA) is 107 Å². The van der Waals surface area contributed by atoms with Crippen molar-refractivity contribution in [3.8, 4) is 0 Å². The van der Waals surface area contributed by atoms with E-state index >= 15 is 0 Å². The number of rotatable bonds is 6. The first-order chi connectivity index (χ1) is 6.19. The predicted molar refractivity (Wildman–Crippen MR) is 51.3 cm³/mol. The van der Waals surface area contributed by atoms with Crippen LogP contribution < -0.4 is 5.32 Å². The van der Waals surface area contributed by atoms with Crippen molar-refractivity contribution in [2.45, 2.75) is 31.2 Å². The molecule has 0 spiro atoms. The van der Waals surface area contributed by atoms with E-state index in [0.717, 1.165) is 0 Å². The van der Waals surface area contributed by atoms with Crippen molar-refractivity contribution >= 4 is 10.1 Å². The SMILES string of the molecule is CC(C)(CO)NCCC(O)S(=O)(=O)O. The minimum atomic E-state index is -4.37. The van der Waals surface area contributed by atoms with Gasteiger partial charge >= 0.3 is 0 Å². The van der Waals surface area contributed by atoms with Crippen LogP contribution in [0.15, 0.2) is 0 Å². The first kappa shape index (κ1) is 13.8. The van der Waals surface area contributed by atoms with Gasteiger partial charge in [-0.1, -0.05) is 0 Å². The van der Waals surface area contributed by atoms with Gasteiger partial charge in [0.15, 0.2) is 5.44 Å². The zero-order valence-electron chi connectivity index (χ0n) is 8.27. The van der Waals surface area contributed by atoms with Crippen LogP contribution in [0.2, 0.25) is 0 Å². The van der Waals surface area contributed by atoms with Gasteiger partial charge in [0.25, 0.3) is 10.1 Å². The minimum absolute atomic E-state index is 0.102. The second-order valence-corrected chi connectivity index (χ2v) is 5.30. The lowest BCUT2D eigenvalue weighted by Gasteiger charge is -2.23. The molecule has 0 aromatic rings. The Labute approximate surface area is 83.7 Å². The predicted octanol–water partition coefficient (Wildman–Crippen LogP) is -1.06. The fourth-order valence-corrected chi connectivity index (χ4v) is 1.15. The summed E-state index contributed by atoms with van der Waals surface area (Å²) in [7, 11) is -4.37. The Hall–Kier alpha value is -0.210. The van der Waals surface area contributed by atoms with E-state index < -0.39 is 21.1 Å². The van der Waals surface area contributed by atoms with Crippen LogP contribution in [0.4, 0.5) is 0 Å². The molecule has 0 aromatic carbocycles. The van der Waals surface area contributed by atoms with Crippen LogP contribution in [0.5, 0.6) is 0 Å². The van der Waals surface area contributed by atoms with E-state index in [4.69, 9.17) is 14.8 Å². The molecule has 0 aliphatic heterocycles. The first-order valence-corrected chi connectivity index (χ1v) is 5.69. The second-order valence-electron chi connectivity index (χ2n) is 3.73. The van der Waals surface area contributed by atoms with E-state index in [9.17, 15) is 8.42 Å². The molecule has 0 saturated carbocycles. The Morgan fingerprint density at radius 2 is 1.93 bits per heavy atom. The van der Waals surface area contributed by atoms with Crippen LogP contribution in [0.3, 0.4) is 0 Å². The van der Waals surface area contributed by atoms with Crippen molar-refractivity contribution in [2.75, 3.05) is 13.2 Å². The molecule has 0 rings (SSSR count). The summed E-state index contributed by atoms with van der Waals surface area (Å²) in [6.45, 7) is 3.54. The fourth-order valence-electron chi connectivity index (χ4n) is 0.739. The van der Waals surface area contributed by atoms with Crippen LogP contribution in [0.25, 0.3) is 0 Å². The molecular weight excluding hydrogens is 210 g/mol. The smallest absolute Gasteiger partial charge is 0.292 e. The summed E-state index contributed by atoms with van der Waals surface area (Å²) in [5, 5.41) is 20.6.